The van der Waals surface area contributed by atoms with Gasteiger partial charge in [0.1, 0.15) is 17.1 Å². The number of aromatic hydroxyl groups is 2. The number of hydrogen-bond acceptors (Lipinski definition) is 3. The number of phenols is 2. The first-order chi connectivity index (χ1) is 8.18. The van der Waals surface area contributed by atoms with E-state index in [4.69, 9.17) is 0 Å². The summed E-state index contributed by atoms with van der Waals surface area (Å²) in [5, 5.41) is 19.1. The van der Waals surface area contributed by atoms with Crippen molar-refractivity contribution in [2.24, 2.45) is 0 Å². The lowest BCUT2D eigenvalue weighted by Gasteiger charge is -2.06. The van der Waals surface area contributed by atoms with Crippen molar-refractivity contribution in [3.05, 3.63) is 59.7 Å². The number of benzene rings is 2. The fourth-order valence-corrected chi connectivity index (χ4v) is 1.68. The second-order valence-corrected chi connectivity index (χ2v) is 3.76. The lowest BCUT2D eigenvalue weighted by Crippen LogP contribution is -2.04. The summed E-state index contributed by atoms with van der Waals surface area (Å²) in [4.78, 5) is 11.9. The van der Waals surface area contributed by atoms with E-state index in [-0.39, 0.29) is 29.3 Å². The van der Waals surface area contributed by atoms with E-state index in [9.17, 15) is 15.0 Å². The molecule has 2 rings (SSSR count). The molecule has 0 fully saturated rings. The summed E-state index contributed by atoms with van der Waals surface area (Å²) in [5.41, 5.74) is 0.830. The van der Waals surface area contributed by atoms with Crippen molar-refractivity contribution in [2.45, 2.75) is 6.42 Å². The van der Waals surface area contributed by atoms with Crippen LogP contribution in [-0.2, 0) is 6.42 Å². The van der Waals surface area contributed by atoms with E-state index in [1.54, 1.807) is 0 Å². The number of rotatable bonds is 3. The van der Waals surface area contributed by atoms with E-state index < -0.39 is 0 Å². The van der Waals surface area contributed by atoms with Crippen LogP contribution in [0.1, 0.15) is 15.9 Å². The van der Waals surface area contributed by atoms with Crippen molar-refractivity contribution in [1.82, 2.24) is 0 Å². The molecule has 2 aromatic rings. The summed E-state index contributed by atoms with van der Waals surface area (Å²) in [6.07, 6.45) is 0.159. The minimum absolute atomic E-state index is 0.0173. The maximum Gasteiger partial charge on any atom is 0.174 e. The minimum atomic E-state index is -0.299. The zero-order valence-electron chi connectivity index (χ0n) is 9.13. The summed E-state index contributed by atoms with van der Waals surface area (Å²) in [6, 6.07) is 13.5. The summed E-state index contributed by atoms with van der Waals surface area (Å²) in [5.74, 6) is -0.677. The molecule has 0 aromatic heterocycles. The van der Waals surface area contributed by atoms with Crippen molar-refractivity contribution >= 4 is 5.78 Å². The van der Waals surface area contributed by atoms with E-state index in [1.165, 1.54) is 18.2 Å². The van der Waals surface area contributed by atoms with Crippen LogP contribution in [0.5, 0.6) is 11.5 Å². The van der Waals surface area contributed by atoms with Crippen molar-refractivity contribution in [1.29, 1.82) is 0 Å². The van der Waals surface area contributed by atoms with Crippen molar-refractivity contribution < 1.29 is 15.0 Å². The van der Waals surface area contributed by atoms with E-state index in [1.807, 2.05) is 30.3 Å². The average molecular weight is 228 g/mol. The number of Topliss-reactive ketones (excluding diaryl/α,β-unsaturated/α-hetero) is 1. The molecule has 0 radical (unpaired) electrons. The van der Waals surface area contributed by atoms with Gasteiger partial charge >= 0.3 is 0 Å². The number of phenolic OH excluding ortho intramolecular Hbond substituents is 2. The summed E-state index contributed by atoms with van der Waals surface area (Å²) in [6.45, 7) is 0. The third-order valence-electron chi connectivity index (χ3n) is 2.51. The third-order valence-corrected chi connectivity index (χ3v) is 2.51. The zero-order chi connectivity index (χ0) is 12.3. The molecule has 0 unspecified atom stereocenters. The monoisotopic (exact) mass is 228 g/mol. The Morgan fingerprint density at radius 2 is 1.47 bits per heavy atom. The Labute approximate surface area is 99.0 Å². The second-order valence-electron chi connectivity index (χ2n) is 3.76. The van der Waals surface area contributed by atoms with Gasteiger partial charge in [0.05, 0.1) is 0 Å². The van der Waals surface area contributed by atoms with Gasteiger partial charge < -0.3 is 10.2 Å². The Morgan fingerprint density at radius 3 is 2.06 bits per heavy atom. The summed E-state index contributed by atoms with van der Waals surface area (Å²) < 4.78 is 0. The van der Waals surface area contributed by atoms with E-state index in [0.29, 0.717) is 0 Å². The number of hydrogen-bond donors (Lipinski definition) is 2. The van der Waals surface area contributed by atoms with Gasteiger partial charge in [-0.05, 0) is 17.7 Å². The Balaban J connectivity index is 2.27. The Hall–Kier alpha value is -2.29. The maximum atomic E-state index is 11.9. The van der Waals surface area contributed by atoms with Crippen LogP contribution in [0.15, 0.2) is 48.5 Å². The zero-order valence-corrected chi connectivity index (χ0v) is 9.13. The molecule has 0 spiro atoms. The predicted molar refractivity (Wildman–Crippen MR) is 64.2 cm³/mol. The number of ketones is 1. The first-order valence-electron chi connectivity index (χ1n) is 5.26. The number of carbonyl (C=O) groups is 1. The first-order valence-corrected chi connectivity index (χ1v) is 5.26. The molecule has 0 saturated carbocycles. The van der Waals surface area contributed by atoms with E-state index in [0.717, 1.165) is 5.56 Å². The van der Waals surface area contributed by atoms with Gasteiger partial charge in [-0.3, -0.25) is 4.79 Å². The molecule has 0 saturated heterocycles. The molecule has 0 aliphatic heterocycles. The van der Waals surface area contributed by atoms with Crippen LogP contribution >= 0.6 is 0 Å². The molecule has 3 heteroatoms. The standard InChI is InChI=1S/C14H12O3/c15-11-7-4-8-12(16)14(11)13(17)9-10-5-2-1-3-6-10/h1-8,15-16H,9H2. The topological polar surface area (TPSA) is 57.5 Å². The summed E-state index contributed by atoms with van der Waals surface area (Å²) >= 11 is 0. The Bertz CT molecular complexity index is 512. The molecule has 0 bridgehead atoms. The highest BCUT2D eigenvalue weighted by Gasteiger charge is 2.15. The maximum absolute atomic E-state index is 11.9. The van der Waals surface area contributed by atoms with Gasteiger partial charge in [-0.1, -0.05) is 36.4 Å². The first kappa shape index (κ1) is 11.2. The third kappa shape index (κ3) is 2.45. The highest BCUT2D eigenvalue weighted by molar-refractivity contribution is 6.02. The molecule has 2 N–H and O–H groups in total. The normalized spacial score (nSPS) is 10.1. The molecule has 0 atom stereocenters. The average Bonchev–Trinajstić information content (AvgIpc) is 2.30. The van der Waals surface area contributed by atoms with Gasteiger partial charge in [0, 0.05) is 6.42 Å². The van der Waals surface area contributed by atoms with Gasteiger partial charge in [0.25, 0.3) is 0 Å². The number of carbonyl (C=O) groups excluding carboxylic acids is 1. The molecular formula is C14H12O3. The van der Waals surface area contributed by atoms with Gasteiger partial charge in [-0.25, -0.2) is 0 Å². The molecule has 17 heavy (non-hydrogen) atoms. The van der Waals surface area contributed by atoms with Gasteiger partial charge in [-0.2, -0.15) is 0 Å². The van der Waals surface area contributed by atoms with Crippen molar-refractivity contribution in [3.8, 4) is 11.5 Å². The van der Waals surface area contributed by atoms with Gasteiger partial charge in [0.2, 0.25) is 0 Å². The molecule has 0 heterocycles. The van der Waals surface area contributed by atoms with Crippen LogP contribution in [0.3, 0.4) is 0 Å². The highest BCUT2D eigenvalue weighted by Crippen LogP contribution is 2.27. The minimum Gasteiger partial charge on any atom is -0.507 e. The smallest absolute Gasteiger partial charge is 0.174 e. The molecule has 3 nitrogen and oxygen atoms in total. The predicted octanol–water partition coefficient (Wildman–Crippen LogP) is 2.52. The van der Waals surface area contributed by atoms with Gasteiger partial charge in [-0.15, -0.1) is 0 Å². The second kappa shape index (κ2) is 4.70. The lowest BCUT2D eigenvalue weighted by molar-refractivity contribution is 0.0987. The summed E-state index contributed by atoms with van der Waals surface area (Å²) in [7, 11) is 0. The van der Waals surface area contributed by atoms with E-state index in [2.05, 4.69) is 0 Å². The van der Waals surface area contributed by atoms with E-state index >= 15 is 0 Å². The molecular weight excluding hydrogens is 216 g/mol. The van der Waals surface area contributed by atoms with Crippen molar-refractivity contribution in [3.63, 3.8) is 0 Å². The van der Waals surface area contributed by atoms with Crippen LogP contribution in [-0.4, -0.2) is 16.0 Å². The van der Waals surface area contributed by atoms with Crippen LogP contribution in [0.25, 0.3) is 0 Å². The fourth-order valence-electron chi connectivity index (χ4n) is 1.68. The SMILES string of the molecule is O=C(Cc1ccccc1)c1c(O)cccc1O. The van der Waals surface area contributed by atoms with Crippen LogP contribution in [0, 0.1) is 0 Å². The Morgan fingerprint density at radius 1 is 0.882 bits per heavy atom. The van der Waals surface area contributed by atoms with Crippen LogP contribution in [0.2, 0.25) is 0 Å². The Kier molecular flexibility index (Phi) is 3.10. The van der Waals surface area contributed by atoms with Crippen LogP contribution in [0.4, 0.5) is 0 Å². The quantitative estimate of drug-likeness (QED) is 0.793. The molecule has 2 aromatic carbocycles. The van der Waals surface area contributed by atoms with Crippen molar-refractivity contribution in [2.75, 3.05) is 0 Å². The largest absolute Gasteiger partial charge is 0.507 e. The lowest BCUT2D eigenvalue weighted by atomic mass is 10.0. The van der Waals surface area contributed by atoms with Crippen LogP contribution < -0.4 is 0 Å². The molecule has 0 aliphatic carbocycles. The fraction of sp³-hybridized carbons (Fsp3) is 0.0714. The highest BCUT2D eigenvalue weighted by atomic mass is 16.3. The molecule has 0 aliphatic rings. The molecule has 86 valence electrons. The molecule has 0 amide bonds. The van der Waals surface area contributed by atoms with Gasteiger partial charge in [0.15, 0.2) is 5.78 Å².